The molecule has 5 heteroatoms. The van der Waals surface area contributed by atoms with Crippen molar-refractivity contribution in [3.63, 3.8) is 0 Å². The molecule has 1 aromatic carbocycles. The molecule has 0 atom stereocenters. The second kappa shape index (κ2) is 8.12. The van der Waals surface area contributed by atoms with Crippen molar-refractivity contribution in [2.24, 2.45) is 0 Å². The Morgan fingerprint density at radius 2 is 2.05 bits per heavy atom. The van der Waals surface area contributed by atoms with Crippen LogP contribution in [-0.4, -0.2) is 22.4 Å². The highest BCUT2D eigenvalue weighted by Gasteiger charge is 2.09. The molecule has 0 spiro atoms. The summed E-state index contributed by atoms with van der Waals surface area (Å²) in [5, 5.41) is 6.06. The fourth-order valence-corrected chi connectivity index (χ4v) is 2.09. The smallest absolute Gasteiger partial charge is 0.274 e. The zero-order valence-corrected chi connectivity index (χ0v) is 13.1. The first-order valence-corrected chi connectivity index (χ1v) is 7.63. The van der Waals surface area contributed by atoms with Crippen LogP contribution in [0.3, 0.4) is 0 Å². The maximum absolute atomic E-state index is 12.2. The molecule has 0 saturated carbocycles. The van der Waals surface area contributed by atoms with Crippen molar-refractivity contribution in [3.05, 3.63) is 47.9 Å². The highest BCUT2D eigenvalue weighted by Crippen LogP contribution is 2.12. The summed E-state index contributed by atoms with van der Waals surface area (Å²) in [5.74, 6) is 0.449. The fourth-order valence-electron chi connectivity index (χ4n) is 2.09. The standard InChI is InChI=1S/C17H22N4O/c1-3-4-5-9-18-16-11-15(19-12-20-16)17(22)21-14-8-6-7-13(2)10-14/h6-8,10-12H,3-5,9H2,1-2H3,(H,21,22)(H,18,19,20). The van der Waals surface area contributed by atoms with Gasteiger partial charge in [-0.15, -0.1) is 0 Å². The number of carbonyl (C=O) groups excluding carboxylic acids is 1. The van der Waals surface area contributed by atoms with Gasteiger partial charge in [0.25, 0.3) is 5.91 Å². The van der Waals surface area contributed by atoms with E-state index in [1.54, 1.807) is 6.07 Å². The van der Waals surface area contributed by atoms with Crippen molar-refractivity contribution in [1.82, 2.24) is 9.97 Å². The van der Waals surface area contributed by atoms with Crippen molar-refractivity contribution in [2.75, 3.05) is 17.2 Å². The van der Waals surface area contributed by atoms with Crippen LogP contribution in [0.4, 0.5) is 11.5 Å². The van der Waals surface area contributed by atoms with Crippen molar-refractivity contribution < 1.29 is 4.79 Å². The van der Waals surface area contributed by atoms with Gasteiger partial charge in [0.2, 0.25) is 0 Å². The predicted molar refractivity (Wildman–Crippen MR) is 89.2 cm³/mol. The highest BCUT2D eigenvalue weighted by molar-refractivity contribution is 6.03. The first-order valence-electron chi connectivity index (χ1n) is 7.63. The molecule has 0 unspecified atom stereocenters. The molecule has 116 valence electrons. The number of nitrogens with zero attached hydrogens (tertiary/aromatic N) is 2. The summed E-state index contributed by atoms with van der Waals surface area (Å²) in [6.07, 6.45) is 4.85. The van der Waals surface area contributed by atoms with E-state index in [2.05, 4.69) is 27.5 Å². The van der Waals surface area contributed by atoms with Crippen molar-refractivity contribution in [1.29, 1.82) is 0 Å². The number of carbonyl (C=O) groups is 1. The van der Waals surface area contributed by atoms with Gasteiger partial charge in [-0.05, 0) is 31.0 Å². The lowest BCUT2D eigenvalue weighted by molar-refractivity contribution is 0.102. The van der Waals surface area contributed by atoms with Crippen LogP contribution in [-0.2, 0) is 0 Å². The Morgan fingerprint density at radius 3 is 2.82 bits per heavy atom. The topological polar surface area (TPSA) is 66.9 Å². The second-order valence-corrected chi connectivity index (χ2v) is 5.25. The number of aromatic nitrogens is 2. The maximum atomic E-state index is 12.2. The Bertz CT molecular complexity index is 628. The molecule has 0 saturated heterocycles. The van der Waals surface area contributed by atoms with Crippen LogP contribution in [0.5, 0.6) is 0 Å². The molecule has 0 aliphatic heterocycles. The van der Waals surface area contributed by atoms with Gasteiger partial charge in [0.05, 0.1) is 0 Å². The SMILES string of the molecule is CCCCCNc1cc(C(=O)Nc2cccc(C)c2)ncn1. The lowest BCUT2D eigenvalue weighted by Crippen LogP contribution is -2.15. The van der Waals surface area contributed by atoms with Crippen LogP contribution in [0.25, 0.3) is 0 Å². The van der Waals surface area contributed by atoms with E-state index in [0.717, 1.165) is 24.2 Å². The second-order valence-electron chi connectivity index (χ2n) is 5.25. The normalized spacial score (nSPS) is 10.3. The van der Waals surface area contributed by atoms with E-state index in [-0.39, 0.29) is 5.91 Å². The van der Waals surface area contributed by atoms with Crippen LogP contribution < -0.4 is 10.6 Å². The molecule has 2 rings (SSSR count). The minimum atomic E-state index is -0.232. The number of anilines is 2. The zero-order chi connectivity index (χ0) is 15.8. The number of amides is 1. The Morgan fingerprint density at radius 1 is 1.18 bits per heavy atom. The summed E-state index contributed by atoms with van der Waals surface area (Å²) in [4.78, 5) is 20.4. The quantitative estimate of drug-likeness (QED) is 0.766. The van der Waals surface area contributed by atoms with E-state index in [0.29, 0.717) is 11.5 Å². The molecule has 0 fully saturated rings. The number of aryl methyl sites for hydroxylation is 1. The first kappa shape index (κ1) is 15.9. The monoisotopic (exact) mass is 298 g/mol. The van der Waals surface area contributed by atoms with Crippen LogP contribution >= 0.6 is 0 Å². The van der Waals surface area contributed by atoms with E-state index in [1.165, 1.54) is 19.2 Å². The van der Waals surface area contributed by atoms with Crippen molar-refractivity contribution in [2.45, 2.75) is 33.1 Å². The van der Waals surface area contributed by atoms with Gasteiger partial charge in [0.1, 0.15) is 17.8 Å². The zero-order valence-electron chi connectivity index (χ0n) is 13.1. The summed E-state index contributed by atoms with van der Waals surface area (Å²) < 4.78 is 0. The van der Waals surface area contributed by atoms with E-state index in [9.17, 15) is 4.79 Å². The minimum Gasteiger partial charge on any atom is -0.370 e. The largest absolute Gasteiger partial charge is 0.370 e. The van der Waals surface area contributed by atoms with E-state index >= 15 is 0 Å². The third-order valence-electron chi connectivity index (χ3n) is 3.26. The lowest BCUT2D eigenvalue weighted by Gasteiger charge is -2.08. The van der Waals surface area contributed by atoms with E-state index in [1.807, 2.05) is 31.2 Å². The summed E-state index contributed by atoms with van der Waals surface area (Å²) in [7, 11) is 0. The van der Waals surface area contributed by atoms with Gasteiger partial charge < -0.3 is 10.6 Å². The van der Waals surface area contributed by atoms with Gasteiger partial charge in [-0.25, -0.2) is 9.97 Å². The fraction of sp³-hybridized carbons (Fsp3) is 0.353. The minimum absolute atomic E-state index is 0.232. The van der Waals surface area contributed by atoms with Crippen LogP contribution in [0.2, 0.25) is 0 Å². The van der Waals surface area contributed by atoms with Crippen LogP contribution in [0, 0.1) is 6.92 Å². The number of rotatable bonds is 7. The van der Waals surface area contributed by atoms with Crippen LogP contribution in [0.15, 0.2) is 36.7 Å². The van der Waals surface area contributed by atoms with Crippen molar-refractivity contribution >= 4 is 17.4 Å². The van der Waals surface area contributed by atoms with E-state index < -0.39 is 0 Å². The molecule has 22 heavy (non-hydrogen) atoms. The van der Waals surface area contributed by atoms with Gasteiger partial charge in [0, 0.05) is 18.3 Å². The first-order chi connectivity index (χ1) is 10.7. The predicted octanol–water partition coefficient (Wildman–Crippen LogP) is 3.64. The highest BCUT2D eigenvalue weighted by atomic mass is 16.1. The van der Waals surface area contributed by atoms with Gasteiger partial charge in [-0.3, -0.25) is 4.79 Å². The molecule has 1 aromatic heterocycles. The maximum Gasteiger partial charge on any atom is 0.274 e. The van der Waals surface area contributed by atoms with Gasteiger partial charge in [-0.1, -0.05) is 31.9 Å². The van der Waals surface area contributed by atoms with Crippen LogP contribution in [0.1, 0.15) is 42.2 Å². The number of hydrogen-bond acceptors (Lipinski definition) is 4. The van der Waals surface area contributed by atoms with E-state index in [4.69, 9.17) is 0 Å². The molecular formula is C17H22N4O. The summed E-state index contributed by atoms with van der Waals surface area (Å²) in [6, 6.07) is 9.35. The summed E-state index contributed by atoms with van der Waals surface area (Å²) >= 11 is 0. The third kappa shape index (κ3) is 4.84. The van der Waals surface area contributed by atoms with Gasteiger partial charge in [-0.2, -0.15) is 0 Å². The molecule has 0 radical (unpaired) electrons. The summed E-state index contributed by atoms with van der Waals surface area (Å²) in [6.45, 7) is 5.00. The Kier molecular flexibility index (Phi) is 5.89. The number of unbranched alkanes of at least 4 members (excludes halogenated alkanes) is 2. The number of benzene rings is 1. The third-order valence-corrected chi connectivity index (χ3v) is 3.26. The molecule has 1 heterocycles. The Hall–Kier alpha value is -2.43. The number of nitrogens with one attached hydrogen (secondary N) is 2. The molecule has 2 aromatic rings. The average molecular weight is 298 g/mol. The van der Waals surface area contributed by atoms with Gasteiger partial charge in [0.15, 0.2) is 0 Å². The van der Waals surface area contributed by atoms with Crippen molar-refractivity contribution in [3.8, 4) is 0 Å². The molecule has 5 nitrogen and oxygen atoms in total. The average Bonchev–Trinajstić information content (AvgIpc) is 2.52. The van der Waals surface area contributed by atoms with Gasteiger partial charge >= 0.3 is 0 Å². The molecule has 1 amide bonds. The number of hydrogen-bond donors (Lipinski definition) is 2. The molecule has 0 aliphatic carbocycles. The molecule has 2 N–H and O–H groups in total. The molecule has 0 bridgehead atoms. The Labute approximate surface area is 131 Å². The lowest BCUT2D eigenvalue weighted by atomic mass is 10.2. The summed E-state index contributed by atoms with van der Waals surface area (Å²) in [5.41, 5.74) is 2.22. The molecule has 0 aliphatic rings. The Balaban J connectivity index is 1.97. The molecular weight excluding hydrogens is 276 g/mol.